The van der Waals surface area contributed by atoms with Crippen LogP contribution in [-0.2, 0) is 0 Å². The minimum atomic E-state index is 0.545. The van der Waals surface area contributed by atoms with Crippen LogP contribution in [0.15, 0.2) is 48.7 Å². The molecule has 0 amide bonds. The van der Waals surface area contributed by atoms with Gasteiger partial charge in [-0.25, -0.2) is 4.98 Å². The van der Waals surface area contributed by atoms with Gasteiger partial charge < -0.3 is 4.74 Å². The van der Waals surface area contributed by atoms with E-state index >= 15 is 0 Å². The molecular weight excluding hydrogens is 240 g/mol. The van der Waals surface area contributed by atoms with Gasteiger partial charge in [-0.3, -0.25) is 9.20 Å². The van der Waals surface area contributed by atoms with E-state index in [2.05, 4.69) is 4.98 Å². The van der Waals surface area contributed by atoms with Gasteiger partial charge in [-0.2, -0.15) is 0 Å². The van der Waals surface area contributed by atoms with Crippen LogP contribution in [0.4, 0.5) is 0 Å². The number of carbonyl (C=O) groups excluding carboxylic acids is 1. The fraction of sp³-hybridized carbons (Fsp3) is 0.0667. The van der Waals surface area contributed by atoms with Crippen LogP contribution in [0.1, 0.15) is 10.5 Å². The normalized spacial score (nSPS) is 10.6. The van der Waals surface area contributed by atoms with Gasteiger partial charge in [0.05, 0.1) is 7.11 Å². The summed E-state index contributed by atoms with van der Waals surface area (Å²) in [5.41, 5.74) is 2.83. The fourth-order valence-electron chi connectivity index (χ4n) is 2.11. The summed E-state index contributed by atoms with van der Waals surface area (Å²) >= 11 is 0. The number of rotatable bonds is 3. The van der Waals surface area contributed by atoms with E-state index in [-0.39, 0.29) is 0 Å². The van der Waals surface area contributed by atoms with Crippen LogP contribution in [0.25, 0.3) is 16.9 Å². The Labute approximate surface area is 110 Å². The lowest BCUT2D eigenvalue weighted by atomic mass is 10.1. The number of ether oxygens (including phenoxy) is 1. The smallest absolute Gasteiger partial charge is 0.169 e. The zero-order chi connectivity index (χ0) is 13.2. The van der Waals surface area contributed by atoms with Crippen LogP contribution in [0.2, 0.25) is 0 Å². The maximum atomic E-state index is 11.3. The molecule has 4 nitrogen and oxygen atoms in total. The average molecular weight is 252 g/mol. The Kier molecular flexibility index (Phi) is 2.76. The van der Waals surface area contributed by atoms with Gasteiger partial charge in [-0.05, 0) is 24.3 Å². The molecular formula is C15H12N2O2. The first kappa shape index (κ1) is 11.5. The van der Waals surface area contributed by atoms with Gasteiger partial charge in [0.25, 0.3) is 0 Å². The predicted molar refractivity (Wildman–Crippen MR) is 72.6 cm³/mol. The topological polar surface area (TPSA) is 43.6 Å². The Morgan fingerprint density at radius 3 is 2.89 bits per heavy atom. The van der Waals surface area contributed by atoms with Gasteiger partial charge in [-0.15, -0.1) is 0 Å². The first-order valence-corrected chi connectivity index (χ1v) is 5.90. The van der Waals surface area contributed by atoms with Crippen molar-refractivity contribution >= 4 is 11.9 Å². The summed E-state index contributed by atoms with van der Waals surface area (Å²) in [5, 5.41) is 0. The maximum Gasteiger partial charge on any atom is 0.169 e. The molecule has 2 heterocycles. The van der Waals surface area contributed by atoms with Crippen molar-refractivity contribution in [3.63, 3.8) is 0 Å². The molecule has 0 atom stereocenters. The Balaban J connectivity index is 2.26. The number of imidazole rings is 1. The van der Waals surface area contributed by atoms with E-state index in [4.69, 9.17) is 4.74 Å². The Morgan fingerprint density at radius 1 is 1.21 bits per heavy atom. The molecule has 0 aliphatic rings. The van der Waals surface area contributed by atoms with E-state index in [9.17, 15) is 4.79 Å². The summed E-state index contributed by atoms with van der Waals surface area (Å²) in [4.78, 5) is 15.8. The van der Waals surface area contributed by atoms with Crippen LogP contribution in [0, 0.1) is 0 Å². The summed E-state index contributed by atoms with van der Waals surface area (Å²) < 4.78 is 6.98. The quantitative estimate of drug-likeness (QED) is 0.673. The highest BCUT2D eigenvalue weighted by Gasteiger charge is 2.13. The molecule has 2 aromatic heterocycles. The van der Waals surface area contributed by atoms with Crippen molar-refractivity contribution in [1.82, 2.24) is 9.38 Å². The molecule has 0 saturated carbocycles. The molecule has 0 saturated heterocycles. The molecule has 19 heavy (non-hydrogen) atoms. The summed E-state index contributed by atoms with van der Waals surface area (Å²) in [7, 11) is 1.61. The monoisotopic (exact) mass is 252 g/mol. The number of methoxy groups -OCH3 is 1. The standard InChI is InChI=1S/C15H12N2O2/c1-19-12-6-4-5-11(9-12)15-13(10-18)17-8-3-2-7-14(17)16-15/h2-10H,1H3. The average Bonchev–Trinajstić information content (AvgIpc) is 2.86. The lowest BCUT2D eigenvalue weighted by Gasteiger charge is -2.02. The van der Waals surface area contributed by atoms with Crippen LogP contribution < -0.4 is 4.74 Å². The van der Waals surface area contributed by atoms with Gasteiger partial charge in [0.1, 0.15) is 22.8 Å². The Hall–Kier alpha value is -2.62. The highest BCUT2D eigenvalue weighted by atomic mass is 16.5. The molecule has 0 fully saturated rings. The lowest BCUT2D eigenvalue weighted by Crippen LogP contribution is -1.92. The second kappa shape index (κ2) is 4.57. The number of aldehydes is 1. The van der Waals surface area contributed by atoms with Crippen molar-refractivity contribution < 1.29 is 9.53 Å². The molecule has 94 valence electrons. The Bertz CT molecular complexity index is 747. The van der Waals surface area contributed by atoms with E-state index in [0.29, 0.717) is 11.4 Å². The third kappa shape index (κ3) is 1.87. The summed E-state index contributed by atoms with van der Waals surface area (Å²) in [6, 6.07) is 13.2. The maximum absolute atomic E-state index is 11.3. The molecule has 0 N–H and O–H groups in total. The van der Waals surface area contributed by atoms with Crippen molar-refractivity contribution in [2.45, 2.75) is 0 Å². The molecule has 4 heteroatoms. The molecule has 0 bridgehead atoms. The number of pyridine rings is 1. The predicted octanol–water partition coefficient (Wildman–Crippen LogP) is 2.82. The minimum Gasteiger partial charge on any atom is -0.497 e. The van der Waals surface area contributed by atoms with Gasteiger partial charge in [0.2, 0.25) is 0 Å². The highest BCUT2D eigenvalue weighted by molar-refractivity contribution is 5.86. The van der Waals surface area contributed by atoms with E-state index < -0.39 is 0 Å². The third-order valence-corrected chi connectivity index (χ3v) is 3.02. The molecule has 0 radical (unpaired) electrons. The minimum absolute atomic E-state index is 0.545. The van der Waals surface area contributed by atoms with Crippen LogP contribution >= 0.6 is 0 Å². The molecule has 3 aromatic rings. The summed E-state index contributed by atoms with van der Waals surface area (Å²) in [5.74, 6) is 0.742. The molecule has 0 aliphatic carbocycles. The first-order chi connectivity index (χ1) is 9.33. The van der Waals surface area contributed by atoms with Crippen molar-refractivity contribution in [3.05, 3.63) is 54.4 Å². The summed E-state index contributed by atoms with van der Waals surface area (Å²) in [6.07, 6.45) is 2.66. The molecule has 1 aromatic carbocycles. The van der Waals surface area contributed by atoms with Gasteiger partial charge in [0, 0.05) is 11.8 Å². The van der Waals surface area contributed by atoms with Crippen LogP contribution in [-0.4, -0.2) is 22.8 Å². The van der Waals surface area contributed by atoms with Crippen molar-refractivity contribution in [1.29, 1.82) is 0 Å². The van der Waals surface area contributed by atoms with Gasteiger partial charge in [-0.1, -0.05) is 18.2 Å². The SMILES string of the molecule is COc1cccc(-c2nc3ccccn3c2C=O)c1. The van der Waals surface area contributed by atoms with Crippen LogP contribution in [0.5, 0.6) is 5.75 Å². The van der Waals surface area contributed by atoms with E-state index in [1.807, 2.05) is 48.7 Å². The van der Waals surface area contributed by atoms with Crippen molar-refractivity contribution in [3.8, 4) is 17.0 Å². The largest absolute Gasteiger partial charge is 0.497 e. The van der Waals surface area contributed by atoms with E-state index in [1.165, 1.54) is 0 Å². The number of benzene rings is 1. The highest BCUT2D eigenvalue weighted by Crippen LogP contribution is 2.26. The lowest BCUT2D eigenvalue weighted by molar-refractivity contribution is 0.111. The molecule has 0 aliphatic heterocycles. The van der Waals surface area contributed by atoms with Gasteiger partial charge >= 0.3 is 0 Å². The molecule has 3 rings (SSSR count). The third-order valence-electron chi connectivity index (χ3n) is 3.02. The van der Waals surface area contributed by atoms with Crippen molar-refractivity contribution in [2.24, 2.45) is 0 Å². The molecule has 0 unspecified atom stereocenters. The first-order valence-electron chi connectivity index (χ1n) is 5.90. The van der Waals surface area contributed by atoms with Crippen LogP contribution in [0.3, 0.4) is 0 Å². The molecule has 0 spiro atoms. The fourth-order valence-corrected chi connectivity index (χ4v) is 2.11. The number of fused-ring (bicyclic) bond motifs is 1. The second-order valence-electron chi connectivity index (χ2n) is 4.12. The number of nitrogens with zero attached hydrogens (tertiary/aromatic N) is 2. The number of hydrogen-bond acceptors (Lipinski definition) is 3. The van der Waals surface area contributed by atoms with Gasteiger partial charge in [0.15, 0.2) is 6.29 Å². The number of carbonyl (C=O) groups is 1. The zero-order valence-corrected chi connectivity index (χ0v) is 10.4. The number of aromatic nitrogens is 2. The zero-order valence-electron chi connectivity index (χ0n) is 10.4. The van der Waals surface area contributed by atoms with E-state index in [1.54, 1.807) is 11.5 Å². The summed E-state index contributed by atoms with van der Waals surface area (Å²) in [6.45, 7) is 0. The van der Waals surface area contributed by atoms with Crippen molar-refractivity contribution in [2.75, 3.05) is 7.11 Å². The number of hydrogen-bond donors (Lipinski definition) is 0. The van der Waals surface area contributed by atoms with E-state index in [0.717, 1.165) is 23.2 Å². The second-order valence-corrected chi connectivity index (χ2v) is 4.12. The Morgan fingerprint density at radius 2 is 2.11 bits per heavy atom.